The molecule has 29 heavy (non-hydrogen) atoms. The summed E-state index contributed by atoms with van der Waals surface area (Å²) < 4.78 is 0. The van der Waals surface area contributed by atoms with E-state index in [1.807, 2.05) is 0 Å². The smallest absolute Gasteiger partial charge is 0.157 e. The highest BCUT2D eigenvalue weighted by molar-refractivity contribution is 5.78. The van der Waals surface area contributed by atoms with E-state index in [-0.39, 0.29) is 17.3 Å². The molecule has 0 amide bonds. The van der Waals surface area contributed by atoms with Gasteiger partial charge in [0.25, 0.3) is 0 Å². The fourth-order valence-electron chi connectivity index (χ4n) is 4.47. The molecule has 3 rings (SSSR count). The van der Waals surface area contributed by atoms with Crippen molar-refractivity contribution in [2.45, 2.75) is 70.3 Å². The molecule has 0 bridgehead atoms. The summed E-state index contributed by atoms with van der Waals surface area (Å²) in [6.45, 7) is 0.592. The van der Waals surface area contributed by atoms with Crippen LogP contribution in [0.1, 0.15) is 74.0 Å². The van der Waals surface area contributed by atoms with Gasteiger partial charge < -0.3 is 15.9 Å². The van der Waals surface area contributed by atoms with Crippen molar-refractivity contribution in [3.05, 3.63) is 59.2 Å². The number of phenols is 2. The lowest BCUT2D eigenvalue weighted by atomic mass is 9.89. The van der Waals surface area contributed by atoms with E-state index in [0.29, 0.717) is 37.6 Å². The second kappa shape index (κ2) is 10.4. The lowest BCUT2D eigenvalue weighted by molar-refractivity contribution is -0.119. The Balaban J connectivity index is 1.42. The summed E-state index contributed by atoms with van der Waals surface area (Å²) in [5.74, 6) is 1.29. The van der Waals surface area contributed by atoms with E-state index in [4.69, 9.17) is 5.73 Å². The third-order valence-electron chi connectivity index (χ3n) is 6.31. The summed E-state index contributed by atoms with van der Waals surface area (Å²) in [4.78, 5) is 12.3. The van der Waals surface area contributed by atoms with E-state index in [9.17, 15) is 15.0 Å². The molecule has 156 valence electrons. The molecule has 4 N–H and O–H groups in total. The molecule has 4 heteroatoms. The van der Waals surface area contributed by atoms with Crippen LogP contribution < -0.4 is 5.73 Å². The Morgan fingerprint density at radius 1 is 0.931 bits per heavy atom. The zero-order chi connectivity index (χ0) is 20.6. The van der Waals surface area contributed by atoms with Gasteiger partial charge in [0.2, 0.25) is 0 Å². The summed E-state index contributed by atoms with van der Waals surface area (Å²) in [6.07, 6.45) is 8.77. The number of rotatable bonds is 8. The first-order valence-electron chi connectivity index (χ1n) is 10.9. The van der Waals surface area contributed by atoms with Gasteiger partial charge in [-0.05, 0) is 72.8 Å². The first-order valence-corrected chi connectivity index (χ1v) is 10.9. The molecule has 2 atom stereocenters. The standard InChI is InChI=1S/C25H33NO3/c26-17-20-4-2-6-22(15-20)21-5-1-3-18(7-11-21)8-12-23(27)13-9-19-10-14-24(28)25(29)16-19/h2,4,6,10,14-16,18,21,28-29H,1,3,5,7-9,11-13,17,26H2. The van der Waals surface area contributed by atoms with Gasteiger partial charge in [-0.15, -0.1) is 0 Å². The van der Waals surface area contributed by atoms with Crippen molar-refractivity contribution < 1.29 is 15.0 Å². The average molecular weight is 396 g/mol. The van der Waals surface area contributed by atoms with E-state index in [2.05, 4.69) is 24.3 Å². The molecule has 0 spiro atoms. The summed E-state index contributed by atoms with van der Waals surface area (Å²) in [7, 11) is 0. The van der Waals surface area contributed by atoms with Crippen LogP contribution >= 0.6 is 0 Å². The van der Waals surface area contributed by atoms with Crippen molar-refractivity contribution in [3.8, 4) is 11.5 Å². The lowest BCUT2D eigenvalue weighted by Gasteiger charge is -2.16. The topological polar surface area (TPSA) is 83.6 Å². The van der Waals surface area contributed by atoms with Crippen molar-refractivity contribution in [2.24, 2.45) is 11.7 Å². The van der Waals surface area contributed by atoms with Gasteiger partial charge in [0, 0.05) is 19.4 Å². The Hall–Kier alpha value is -2.33. The van der Waals surface area contributed by atoms with Crippen molar-refractivity contribution in [1.82, 2.24) is 0 Å². The summed E-state index contributed by atoms with van der Waals surface area (Å²) >= 11 is 0. The molecule has 2 aromatic carbocycles. The molecule has 2 aromatic rings. The molecule has 0 heterocycles. The Morgan fingerprint density at radius 3 is 2.59 bits per heavy atom. The fourth-order valence-corrected chi connectivity index (χ4v) is 4.47. The van der Waals surface area contributed by atoms with Gasteiger partial charge in [-0.1, -0.05) is 43.2 Å². The summed E-state index contributed by atoms with van der Waals surface area (Å²) in [5.41, 5.74) is 9.29. The van der Waals surface area contributed by atoms with E-state index in [0.717, 1.165) is 12.0 Å². The van der Waals surface area contributed by atoms with E-state index >= 15 is 0 Å². The molecule has 0 radical (unpaired) electrons. The second-order valence-corrected chi connectivity index (χ2v) is 8.42. The van der Waals surface area contributed by atoms with Crippen LogP contribution in [-0.2, 0) is 17.8 Å². The number of hydrogen-bond acceptors (Lipinski definition) is 4. The number of nitrogens with two attached hydrogens (primary N) is 1. The van der Waals surface area contributed by atoms with Gasteiger partial charge >= 0.3 is 0 Å². The first-order chi connectivity index (χ1) is 14.0. The van der Waals surface area contributed by atoms with Gasteiger partial charge in [-0.25, -0.2) is 0 Å². The van der Waals surface area contributed by atoms with Gasteiger partial charge in [-0.2, -0.15) is 0 Å². The molecule has 2 unspecified atom stereocenters. The van der Waals surface area contributed by atoms with Crippen molar-refractivity contribution in [3.63, 3.8) is 0 Å². The van der Waals surface area contributed by atoms with E-state index < -0.39 is 0 Å². The minimum absolute atomic E-state index is 0.124. The van der Waals surface area contributed by atoms with Crippen LogP contribution in [0, 0.1) is 5.92 Å². The molecule has 1 fully saturated rings. The van der Waals surface area contributed by atoms with E-state index in [1.165, 1.54) is 55.4 Å². The maximum Gasteiger partial charge on any atom is 0.157 e. The van der Waals surface area contributed by atoms with Gasteiger partial charge in [-0.3, -0.25) is 4.79 Å². The van der Waals surface area contributed by atoms with Crippen LogP contribution in [0.3, 0.4) is 0 Å². The number of hydrogen-bond donors (Lipinski definition) is 3. The third-order valence-corrected chi connectivity index (χ3v) is 6.31. The van der Waals surface area contributed by atoms with E-state index in [1.54, 1.807) is 6.07 Å². The number of phenolic OH excluding ortho intramolecular Hbond substituents is 2. The molecule has 4 nitrogen and oxygen atoms in total. The Morgan fingerprint density at radius 2 is 1.79 bits per heavy atom. The fraction of sp³-hybridized carbons (Fsp3) is 0.480. The van der Waals surface area contributed by atoms with Crippen molar-refractivity contribution in [1.29, 1.82) is 0 Å². The van der Waals surface area contributed by atoms with Crippen molar-refractivity contribution >= 4 is 5.78 Å². The molecule has 1 aliphatic rings. The Labute approximate surface area is 173 Å². The number of aryl methyl sites for hydroxylation is 1. The van der Waals surface area contributed by atoms with Crippen LogP contribution in [0.4, 0.5) is 0 Å². The summed E-state index contributed by atoms with van der Waals surface area (Å²) in [5, 5.41) is 18.9. The monoisotopic (exact) mass is 395 g/mol. The molecule has 0 saturated heterocycles. The Bertz CT molecular complexity index is 817. The molecule has 1 aliphatic carbocycles. The molecular formula is C25H33NO3. The van der Waals surface area contributed by atoms with Crippen molar-refractivity contribution in [2.75, 3.05) is 0 Å². The van der Waals surface area contributed by atoms with Gasteiger partial charge in [0.05, 0.1) is 0 Å². The van der Waals surface area contributed by atoms with Gasteiger partial charge in [0.15, 0.2) is 11.5 Å². The highest BCUT2D eigenvalue weighted by Gasteiger charge is 2.21. The predicted molar refractivity (Wildman–Crippen MR) is 116 cm³/mol. The quantitative estimate of drug-likeness (QED) is 0.423. The zero-order valence-corrected chi connectivity index (χ0v) is 17.1. The number of carbonyl (C=O) groups excluding carboxylic acids is 1. The third kappa shape index (κ3) is 6.33. The predicted octanol–water partition coefficient (Wildman–Crippen LogP) is 5.20. The summed E-state index contributed by atoms with van der Waals surface area (Å²) in [6, 6.07) is 13.5. The number of aromatic hydroxyl groups is 2. The van der Waals surface area contributed by atoms with Crippen LogP contribution in [-0.4, -0.2) is 16.0 Å². The molecule has 0 aliphatic heterocycles. The normalized spacial score (nSPS) is 19.6. The van der Waals surface area contributed by atoms with Crippen LogP contribution in [0.15, 0.2) is 42.5 Å². The Kier molecular flexibility index (Phi) is 7.70. The average Bonchev–Trinajstić information content (AvgIpc) is 2.99. The number of carbonyl (C=O) groups is 1. The van der Waals surface area contributed by atoms with Crippen LogP contribution in [0.25, 0.3) is 0 Å². The molecule has 0 aromatic heterocycles. The molecule has 1 saturated carbocycles. The lowest BCUT2D eigenvalue weighted by Crippen LogP contribution is -2.06. The zero-order valence-electron chi connectivity index (χ0n) is 17.1. The minimum Gasteiger partial charge on any atom is -0.504 e. The van der Waals surface area contributed by atoms with Crippen LogP contribution in [0.5, 0.6) is 11.5 Å². The maximum absolute atomic E-state index is 12.3. The molecular weight excluding hydrogens is 362 g/mol. The first kappa shape index (κ1) is 21.4. The highest BCUT2D eigenvalue weighted by Crippen LogP contribution is 2.36. The largest absolute Gasteiger partial charge is 0.504 e. The SMILES string of the molecule is NCc1cccc(C2CCCC(CCC(=O)CCc3ccc(O)c(O)c3)CC2)c1. The minimum atomic E-state index is -0.125. The number of benzene rings is 2. The van der Waals surface area contributed by atoms with Crippen LogP contribution in [0.2, 0.25) is 0 Å². The highest BCUT2D eigenvalue weighted by atomic mass is 16.3. The number of Topliss-reactive ketones (excluding diaryl/α,β-unsaturated/α-hetero) is 1. The van der Waals surface area contributed by atoms with Gasteiger partial charge in [0.1, 0.15) is 5.78 Å². The maximum atomic E-state index is 12.3. The second-order valence-electron chi connectivity index (χ2n) is 8.42. The number of ketones is 1.